The van der Waals surface area contributed by atoms with Crippen LogP contribution in [0.15, 0.2) is 0 Å². The molecule has 2 aliphatic heterocycles. The number of rotatable bonds is 3. The van der Waals surface area contributed by atoms with Crippen LogP contribution in [0.5, 0.6) is 0 Å². The normalized spacial score (nSPS) is 53.8. The number of fused-ring (bicyclic) bond motifs is 2. The summed E-state index contributed by atoms with van der Waals surface area (Å²) in [5, 5.41) is 32.0. The number of aliphatic hydroxyl groups is 2. The number of aliphatic carboxylic acids is 1. The van der Waals surface area contributed by atoms with E-state index in [1.807, 2.05) is 6.92 Å². The van der Waals surface area contributed by atoms with E-state index in [9.17, 15) is 20.1 Å². The second-order valence-corrected chi connectivity index (χ2v) is 12.5. The molecule has 0 radical (unpaired) electrons. The molecule has 0 amide bonds. The summed E-state index contributed by atoms with van der Waals surface area (Å²) in [5.41, 5.74) is -0.960. The van der Waals surface area contributed by atoms with Gasteiger partial charge in [0, 0.05) is 25.2 Å². The number of aliphatic hydroxyl groups excluding tert-OH is 1. The summed E-state index contributed by atoms with van der Waals surface area (Å²) in [6.07, 6.45) is 7.79. The average molecular weight is 474 g/mol. The third-order valence-electron chi connectivity index (χ3n) is 10.6. The first-order valence-electron chi connectivity index (χ1n) is 13.0. The molecule has 2 heterocycles. The van der Waals surface area contributed by atoms with Gasteiger partial charge in [-0.25, -0.2) is 0 Å². The van der Waals surface area contributed by atoms with Crippen molar-refractivity contribution in [2.75, 3.05) is 6.61 Å². The van der Waals surface area contributed by atoms with Crippen LogP contribution < -0.4 is 29.6 Å². The Balaban J connectivity index is 0.00000259. The minimum absolute atomic E-state index is 0. The van der Waals surface area contributed by atoms with Gasteiger partial charge in [0.2, 0.25) is 0 Å². The van der Waals surface area contributed by atoms with Gasteiger partial charge in [-0.2, -0.15) is 0 Å². The molecule has 0 aromatic carbocycles. The number of carbonyl (C=O) groups is 1. The van der Waals surface area contributed by atoms with Crippen molar-refractivity contribution in [3.8, 4) is 0 Å². The zero-order chi connectivity index (χ0) is 22.9. The molecular formula is C26H42NaO6+. The minimum atomic E-state index is -0.876. The fourth-order valence-corrected chi connectivity index (χ4v) is 8.68. The summed E-state index contributed by atoms with van der Waals surface area (Å²) in [7, 11) is 0. The van der Waals surface area contributed by atoms with Crippen LogP contribution in [0.25, 0.3) is 0 Å². The van der Waals surface area contributed by atoms with Crippen molar-refractivity contribution in [1.29, 1.82) is 0 Å². The molecule has 2 saturated heterocycles. The molecule has 5 rings (SSSR count). The quantitative estimate of drug-likeness (QED) is 0.529. The van der Waals surface area contributed by atoms with Crippen molar-refractivity contribution < 1.29 is 59.1 Å². The Morgan fingerprint density at radius 3 is 2.45 bits per heavy atom. The maximum Gasteiger partial charge on any atom is 1.00 e. The zero-order valence-corrected chi connectivity index (χ0v) is 23.0. The second-order valence-electron chi connectivity index (χ2n) is 12.5. The van der Waals surface area contributed by atoms with E-state index in [0.717, 1.165) is 64.4 Å². The summed E-state index contributed by atoms with van der Waals surface area (Å²) >= 11 is 0. The van der Waals surface area contributed by atoms with Crippen molar-refractivity contribution in [2.24, 2.45) is 40.9 Å². The van der Waals surface area contributed by atoms with E-state index < -0.39 is 17.4 Å². The Morgan fingerprint density at radius 1 is 1.06 bits per heavy atom. The number of hydrogen-bond acceptors (Lipinski definition) is 5. The predicted molar refractivity (Wildman–Crippen MR) is 119 cm³/mol. The zero-order valence-electron chi connectivity index (χ0n) is 21.0. The maximum atomic E-state index is 11.9. The largest absolute Gasteiger partial charge is 1.00 e. The van der Waals surface area contributed by atoms with Gasteiger partial charge in [0.05, 0.1) is 24.4 Å². The van der Waals surface area contributed by atoms with Crippen LogP contribution in [-0.2, 0) is 14.3 Å². The molecule has 5 fully saturated rings. The number of ether oxygens (including phenoxy) is 2. The van der Waals surface area contributed by atoms with Gasteiger partial charge in [-0.05, 0) is 86.9 Å². The fourth-order valence-electron chi connectivity index (χ4n) is 8.68. The summed E-state index contributed by atoms with van der Waals surface area (Å²) in [6, 6.07) is 0. The van der Waals surface area contributed by atoms with Gasteiger partial charge in [-0.3, -0.25) is 4.79 Å². The summed E-state index contributed by atoms with van der Waals surface area (Å²) in [5.74, 6) is -0.0468. The Labute approximate surface area is 220 Å². The van der Waals surface area contributed by atoms with Gasteiger partial charge < -0.3 is 24.8 Å². The molecule has 3 saturated carbocycles. The predicted octanol–water partition coefficient (Wildman–Crippen LogP) is 0.977. The SMILES string of the molecule is CC1CCC2(CC3C(CC(C4CCC5CC(O)CCC5(C)C4CC(=O)O)C3(C)O)O2)OC1.[Na+]. The molecule has 5 aliphatic rings. The number of hydrogen-bond donors (Lipinski definition) is 3. The van der Waals surface area contributed by atoms with Crippen LogP contribution in [0.3, 0.4) is 0 Å². The van der Waals surface area contributed by atoms with Crippen LogP contribution in [0.1, 0.15) is 85.0 Å². The molecule has 11 unspecified atom stereocenters. The summed E-state index contributed by atoms with van der Waals surface area (Å²) in [6.45, 7) is 7.17. The van der Waals surface area contributed by atoms with Crippen LogP contribution in [0.4, 0.5) is 0 Å². The van der Waals surface area contributed by atoms with Gasteiger partial charge >= 0.3 is 35.5 Å². The fraction of sp³-hybridized carbons (Fsp3) is 0.962. The first-order valence-corrected chi connectivity index (χ1v) is 13.0. The van der Waals surface area contributed by atoms with Crippen LogP contribution in [-0.4, -0.2) is 51.5 Å². The summed E-state index contributed by atoms with van der Waals surface area (Å²) in [4.78, 5) is 11.9. The Morgan fingerprint density at radius 2 is 1.82 bits per heavy atom. The monoisotopic (exact) mass is 473 g/mol. The van der Waals surface area contributed by atoms with E-state index in [2.05, 4.69) is 13.8 Å². The first kappa shape index (κ1) is 26.4. The van der Waals surface area contributed by atoms with Crippen molar-refractivity contribution in [3.63, 3.8) is 0 Å². The Hall–Kier alpha value is 0.310. The molecule has 0 aromatic heterocycles. The van der Waals surface area contributed by atoms with E-state index in [1.165, 1.54) is 0 Å². The Bertz CT molecular complexity index is 734. The van der Waals surface area contributed by atoms with E-state index in [0.29, 0.717) is 11.8 Å². The molecule has 0 aromatic rings. The van der Waals surface area contributed by atoms with Gasteiger partial charge in [-0.1, -0.05) is 13.8 Å². The topological polar surface area (TPSA) is 96.2 Å². The van der Waals surface area contributed by atoms with Gasteiger partial charge in [0.15, 0.2) is 5.79 Å². The van der Waals surface area contributed by atoms with Gasteiger partial charge in [-0.15, -0.1) is 0 Å². The van der Waals surface area contributed by atoms with Crippen molar-refractivity contribution in [2.45, 2.75) is 109 Å². The average Bonchev–Trinajstić information content (AvgIpc) is 3.19. The van der Waals surface area contributed by atoms with Gasteiger partial charge in [0.1, 0.15) is 0 Å². The van der Waals surface area contributed by atoms with Crippen LogP contribution in [0, 0.1) is 40.9 Å². The van der Waals surface area contributed by atoms with Crippen LogP contribution >= 0.6 is 0 Å². The number of carboxylic acid groups (broad SMARTS) is 1. The minimum Gasteiger partial charge on any atom is -0.481 e. The molecule has 1 spiro atoms. The van der Waals surface area contributed by atoms with E-state index >= 15 is 0 Å². The van der Waals surface area contributed by atoms with Crippen LogP contribution in [0.2, 0.25) is 0 Å². The standard InChI is InChI=1S/C26H42O6.Na/c1-15-6-9-26(31-14-15)13-21-22(32-26)11-20(25(21,3)30)18-5-4-16-10-17(27)7-8-24(16,2)19(18)12-23(28)29;/h15-22,27,30H,4-14H2,1-3H3,(H,28,29);/q;+1. The van der Waals surface area contributed by atoms with Crippen molar-refractivity contribution >= 4 is 5.97 Å². The smallest absolute Gasteiger partial charge is 0.481 e. The third kappa shape index (κ3) is 4.49. The van der Waals surface area contributed by atoms with Gasteiger partial charge in [0.25, 0.3) is 0 Å². The molecule has 33 heavy (non-hydrogen) atoms. The van der Waals surface area contributed by atoms with E-state index in [-0.39, 0.29) is 77.3 Å². The first-order chi connectivity index (χ1) is 15.0. The molecular weight excluding hydrogens is 431 g/mol. The molecule has 3 N–H and O–H groups in total. The number of carboxylic acids is 1. The molecule has 11 atom stereocenters. The molecule has 6 nitrogen and oxygen atoms in total. The Kier molecular flexibility index (Phi) is 7.45. The molecule has 182 valence electrons. The maximum absolute atomic E-state index is 11.9. The van der Waals surface area contributed by atoms with E-state index in [1.54, 1.807) is 0 Å². The molecule has 3 aliphatic carbocycles. The second kappa shape index (κ2) is 9.32. The molecule has 0 bridgehead atoms. The molecule has 7 heteroatoms. The van der Waals surface area contributed by atoms with Crippen molar-refractivity contribution in [1.82, 2.24) is 0 Å². The summed E-state index contributed by atoms with van der Waals surface area (Å²) < 4.78 is 12.7. The van der Waals surface area contributed by atoms with E-state index in [4.69, 9.17) is 9.47 Å². The third-order valence-corrected chi connectivity index (χ3v) is 10.6. The van der Waals surface area contributed by atoms with Crippen molar-refractivity contribution in [3.05, 3.63) is 0 Å².